The van der Waals surface area contributed by atoms with Crippen LogP contribution in [0.2, 0.25) is 0 Å². The second kappa shape index (κ2) is 6.09. The van der Waals surface area contributed by atoms with Gasteiger partial charge in [0.25, 0.3) is 0 Å². The summed E-state index contributed by atoms with van der Waals surface area (Å²) in [4.78, 5) is 16.0. The number of carbonyl (C=O) groups is 1. The topological polar surface area (TPSA) is 57.0 Å². The van der Waals surface area contributed by atoms with Crippen molar-refractivity contribution in [2.24, 2.45) is 0 Å². The van der Waals surface area contributed by atoms with E-state index in [4.69, 9.17) is 4.74 Å². The zero-order valence-electron chi connectivity index (χ0n) is 10.9. The standard InChI is InChI=1S/C14H15N3O2S/c18-14(19-7-6-17-10-15-9-16-17)13-12-4-2-1-3-11(12)5-8-20-13/h1-4,9-10,13H,5-8H2/t13-/m1/s1. The highest BCUT2D eigenvalue weighted by Crippen LogP contribution is 2.37. The van der Waals surface area contributed by atoms with Crippen LogP contribution >= 0.6 is 11.8 Å². The van der Waals surface area contributed by atoms with Crippen molar-refractivity contribution in [3.63, 3.8) is 0 Å². The van der Waals surface area contributed by atoms with Gasteiger partial charge < -0.3 is 4.74 Å². The summed E-state index contributed by atoms with van der Waals surface area (Å²) in [6.45, 7) is 0.853. The number of hydrogen-bond donors (Lipinski definition) is 0. The molecule has 104 valence electrons. The average molecular weight is 289 g/mol. The number of thioether (sulfide) groups is 1. The average Bonchev–Trinajstić information content (AvgIpc) is 3.00. The smallest absolute Gasteiger partial charge is 0.323 e. The quantitative estimate of drug-likeness (QED) is 0.804. The first-order valence-corrected chi connectivity index (χ1v) is 7.58. The van der Waals surface area contributed by atoms with Crippen molar-refractivity contribution in [2.75, 3.05) is 12.4 Å². The largest absolute Gasteiger partial charge is 0.463 e. The highest BCUT2D eigenvalue weighted by atomic mass is 32.2. The fourth-order valence-corrected chi connectivity index (χ4v) is 3.44. The second-order valence-corrected chi connectivity index (χ2v) is 5.74. The molecule has 6 heteroatoms. The van der Waals surface area contributed by atoms with Gasteiger partial charge in [0.2, 0.25) is 0 Å². The number of carbonyl (C=O) groups excluding carboxylic acids is 1. The van der Waals surface area contributed by atoms with Gasteiger partial charge in [0.1, 0.15) is 24.5 Å². The van der Waals surface area contributed by atoms with Crippen LogP contribution in [0.4, 0.5) is 0 Å². The molecule has 0 saturated carbocycles. The normalized spacial score (nSPS) is 17.5. The molecule has 0 spiro atoms. The number of fused-ring (bicyclic) bond motifs is 1. The van der Waals surface area contributed by atoms with Crippen molar-refractivity contribution in [3.8, 4) is 0 Å². The Balaban J connectivity index is 1.60. The van der Waals surface area contributed by atoms with Crippen LogP contribution in [0.15, 0.2) is 36.9 Å². The van der Waals surface area contributed by atoms with Crippen molar-refractivity contribution in [1.82, 2.24) is 14.8 Å². The van der Waals surface area contributed by atoms with Crippen LogP contribution in [0.5, 0.6) is 0 Å². The third-order valence-corrected chi connectivity index (χ3v) is 4.46. The first-order valence-electron chi connectivity index (χ1n) is 6.53. The lowest BCUT2D eigenvalue weighted by Gasteiger charge is -2.23. The molecule has 0 bridgehead atoms. The van der Waals surface area contributed by atoms with E-state index in [0.29, 0.717) is 13.2 Å². The van der Waals surface area contributed by atoms with Crippen molar-refractivity contribution in [2.45, 2.75) is 18.2 Å². The summed E-state index contributed by atoms with van der Waals surface area (Å²) in [7, 11) is 0. The van der Waals surface area contributed by atoms with Gasteiger partial charge in [-0.1, -0.05) is 24.3 Å². The number of esters is 1. The highest BCUT2D eigenvalue weighted by Gasteiger charge is 2.27. The summed E-state index contributed by atoms with van der Waals surface area (Å²) in [5.41, 5.74) is 2.35. The Kier molecular flexibility index (Phi) is 4.01. The molecule has 0 saturated heterocycles. The fourth-order valence-electron chi connectivity index (χ4n) is 2.25. The lowest BCUT2D eigenvalue weighted by Crippen LogP contribution is -2.20. The Morgan fingerprint density at radius 2 is 2.35 bits per heavy atom. The van der Waals surface area contributed by atoms with E-state index >= 15 is 0 Å². The van der Waals surface area contributed by atoms with Gasteiger partial charge in [-0.05, 0) is 23.3 Å². The maximum absolute atomic E-state index is 12.2. The van der Waals surface area contributed by atoms with Crippen molar-refractivity contribution >= 4 is 17.7 Å². The van der Waals surface area contributed by atoms with Crippen LogP contribution in [-0.2, 0) is 22.5 Å². The Bertz CT molecular complexity index is 586. The lowest BCUT2D eigenvalue weighted by molar-refractivity contribution is -0.143. The van der Waals surface area contributed by atoms with E-state index < -0.39 is 0 Å². The number of benzene rings is 1. The molecule has 3 rings (SSSR count). The minimum absolute atomic E-state index is 0.165. The van der Waals surface area contributed by atoms with Gasteiger partial charge >= 0.3 is 5.97 Å². The zero-order chi connectivity index (χ0) is 13.8. The third-order valence-electron chi connectivity index (χ3n) is 3.24. The maximum atomic E-state index is 12.2. The monoisotopic (exact) mass is 289 g/mol. The molecule has 0 radical (unpaired) electrons. The summed E-state index contributed by atoms with van der Waals surface area (Å²) < 4.78 is 7.01. The molecule has 1 aromatic carbocycles. The van der Waals surface area contributed by atoms with Crippen LogP contribution in [0.25, 0.3) is 0 Å². The molecular formula is C14H15N3O2S. The van der Waals surface area contributed by atoms with Crippen LogP contribution < -0.4 is 0 Å². The summed E-state index contributed by atoms with van der Waals surface area (Å²) >= 11 is 1.65. The van der Waals surface area contributed by atoms with Crippen LogP contribution in [0.3, 0.4) is 0 Å². The van der Waals surface area contributed by atoms with Gasteiger partial charge in [0.15, 0.2) is 0 Å². The molecule has 1 atom stereocenters. The van der Waals surface area contributed by atoms with Gasteiger partial charge in [-0.25, -0.2) is 9.67 Å². The molecule has 1 aromatic heterocycles. The van der Waals surface area contributed by atoms with E-state index in [-0.39, 0.29) is 11.2 Å². The summed E-state index contributed by atoms with van der Waals surface area (Å²) in [5, 5.41) is 3.77. The Morgan fingerprint density at radius 3 is 3.20 bits per heavy atom. The molecule has 2 aromatic rings. The SMILES string of the molecule is O=C(OCCn1cncn1)[C@@H]1SCCc2ccccc21. The predicted molar refractivity (Wildman–Crippen MR) is 76.3 cm³/mol. The molecule has 0 N–H and O–H groups in total. The third kappa shape index (κ3) is 2.85. The van der Waals surface area contributed by atoms with E-state index in [1.54, 1.807) is 22.8 Å². The molecule has 0 fully saturated rings. The van der Waals surface area contributed by atoms with E-state index in [1.807, 2.05) is 18.2 Å². The Hall–Kier alpha value is -1.82. The van der Waals surface area contributed by atoms with E-state index in [2.05, 4.69) is 16.1 Å². The van der Waals surface area contributed by atoms with E-state index in [9.17, 15) is 4.79 Å². The first kappa shape index (κ1) is 13.2. The van der Waals surface area contributed by atoms with Crippen molar-refractivity contribution < 1.29 is 9.53 Å². The number of nitrogens with zero attached hydrogens (tertiary/aromatic N) is 3. The molecule has 0 unspecified atom stereocenters. The first-order chi connectivity index (χ1) is 9.84. The molecule has 5 nitrogen and oxygen atoms in total. The molecule has 1 aliphatic rings. The predicted octanol–water partition coefficient (Wildman–Crippen LogP) is 1.85. The highest BCUT2D eigenvalue weighted by molar-refractivity contribution is 8.00. The second-order valence-electron chi connectivity index (χ2n) is 4.53. The lowest BCUT2D eigenvalue weighted by atomic mass is 10.0. The molecule has 0 aliphatic carbocycles. The number of hydrogen-bond acceptors (Lipinski definition) is 5. The number of ether oxygens (including phenoxy) is 1. The van der Waals surface area contributed by atoms with Crippen molar-refractivity contribution in [3.05, 3.63) is 48.0 Å². The summed E-state index contributed by atoms with van der Waals surface area (Å²) in [5.74, 6) is 0.794. The van der Waals surface area contributed by atoms with Crippen LogP contribution in [0, 0.1) is 0 Å². The molecule has 0 amide bonds. The maximum Gasteiger partial charge on any atom is 0.323 e. The van der Waals surface area contributed by atoms with Gasteiger partial charge in [0, 0.05) is 0 Å². The van der Waals surface area contributed by atoms with Crippen molar-refractivity contribution in [1.29, 1.82) is 0 Å². The molecule has 20 heavy (non-hydrogen) atoms. The van der Waals surface area contributed by atoms with Gasteiger partial charge in [-0.15, -0.1) is 11.8 Å². The van der Waals surface area contributed by atoms with Gasteiger partial charge in [0.05, 0.1) is 6.54 Å². The number of aryl methyl sites for hydroxylation is 1. The zero-order valence-corrected chi connectivity index (χ0v) is 11.8. The van der Waals surface area contributed by atoms with E-state index in [1.165, 1.54) is 11.9 Å². The Labute approximate surface area is 121 Å². The molecule has 1 aliphatic heterocycles. The number of aromatic nitrogens is 3. The van der Waals surface area contributed by atoms with Crippen LogP contribution in [-0.4, -0.2) is 33.1 Å². The molecular weight excluding hydrogens is 274 g/mol. The fraction of sp³-hybridized carbons (Fsp3) is 0.357. The van der Waals surface area contributed by atoms with Crippen LogP contribution in [0.1, 0.15) is 16.4 Å². The van der Waals surface area contributed by atoms with Gasteiger partial charge in [-0.3, -0.25) is 4.79 Å². The van der Waals surface area contributed by atoms with Gasteiger partial charge in [-0.2, -0.15) is 5.10 Å². The number of rotatable bonds is 4. The van der Waals surface area contributed by atoms with E-state index in [0.717, 1.165) is 17.7 Å². The minimum Gasteiger partial charge on any atom is -0.463 e. The summed E-state index contributed by atoms with van der Waals surface area (Å²) in [6, 6.07) is 8.10. The summed E-state index contributed by atoms with van der Waals surface area (Å²) in [6.07, 6.45) is 4.09. The minimum atomic E-state index is -0.198. The molecule has 2 heterocycles. The Morgan fingerprint density at radius 1 is 1.45 bits per heavy atom.